The average Bonchev–Trinajstić information content (AvgIpc) is 2.70. The predicted octanol–water partition coefficient (Wildman–Crippen LogP) is 1.12. The van der Waals surface area contributed by atoms with Crippen LogP contribution in [-0.2, 0) is 7.05 Å². The lowest BCUT2D eigenvalue weighted by atomic mass is 10.2. The Kier molecular flexibility index (Phi) is 3.76. The molecule has 0 bridgehead atoms. The zero-order chi connectivity index (χ0) is 13.1. The van der Waals surface area contributed by atoms with Gasteiger partial charge in [-0.3, -0.25) is 4.68 Å². The molecule has 0 aliphatic heterocycles. The lowest BCUT2D eigenvalue weighted by Gasteiger charge is -2.17. The second kappa shape index (κ2) is 5.30. The van der Waals surface area contributed by atoms with Crippen molar-refractivity contribution in [2.45, 2.75) is 19.4 Å². The molecule has 98 valence electrons. The van der Waals surface area contributed by atoms with Gasteiger partial charge in [-0.05, 0) is 34.0 Å². The van der Waals surface area contributed by atoms with Gasteiger partial charge < -0.3 is 10.2 Å². The zero-order valence-electron chi connectivity index (χ0n) is 11.4. The van der Waals surface area contributed by atoms with Crippen molar-refractivity contribution in [3.63, 3.8) is 0 Å². The number of nitrogens with zero attached hydrogens (tertiary/aromatic N) is 5. The minimum absolute atomic E-state index is 0.366. The monoisotopic (exact) mass is 248 g/mol. The van der Waals surface area contributed by atoms with Gasteiger partial charge in [-0.25, -0.2) is 9.97 Å². The molecule has 0 saturated heterocycles. The normalized spacial score (nSPS) is 13.2. The third kappa shape index (κ3) is 2.76. The summed E-state index contributed by atoms with van der Waals surface area (Å²) in [5, 5.41) is 8.60. The Bertz CT molecular complexity index is 518. The summed E-state index contributed by atoms with van der Waals surface area (Å²) in [4.78, 5) is 10.7. The number of hydrogen-bond donors (Lipinski definition) is 1. The quantitative estimate of drug-likeness (QED) is 0.859. The van der Waals surface area contributed by atoms with Crippen LogP contribution in [0.3, 0.4) is 0 Å². The molecule has 2 aromatic heterocycles. The maximum atomic E-state index is 4.30. The molecule has 6 nitrogen and oxygen atoms in total. The molecule has 0 amide bonds. The first-order chi connectivity index (χ1) is 8.58. The number of hydrogen-bond acceptors (Lipinski definition) is 5. The minimum Gasteiger partial charge on any atom is -0.367 e. The smallest absolute Gasteiger partial charge is 0.163 e. The van der Waals surface area contributed by atoms with Crippen molar-refractivity contribution in [3.8, 4) is 0 Å². The Morgan fingerprint density at radius 3 is 2.89 bits per heavy atom. The minimum atomic E-state index is 0.366. The highest BCUT2D eigenvalue weighted by atomic mass is 15.3. The molecule has 0 aliphatic carbocycles. The van der Waals surface area contributed by atoms with Gasteiger partial charge in [0.05, 0.1) is 11.6 Å². The van der Waals surface area contributed by atoms with Crippen molar-refractivity contribution in [1.29, 1.82) is 0 Å². The van der Waals surface area contributed by atoms with Crippen LogP contribution in [-0.4, -0.2) is 51.3 Å². The number of aryl methyl sites for hydroxylation is 1. The molecule has 2 heterocycles. The number of anilines is 1. The van der Waals surface area contributed by atoms with E-state index in [1.807, 2.05) is 7.05 Å². The Morgan fingerprint density at radius 2 is 2.17 bits per heavy atom. The molecule has 0 aromatic carbocycles. The molecule has 1 unspecified atom stereocenters. The lowest BCUT2D eigenvalue weighted by molar-refractivity contribution is 0.390. The molecule has 6 heteroatoms. The van der Waals surface area contributed by atoms with Crippen LogP contribution in [0.4, 0.5) is 5.82 Å². The van der Waals surface area contributed by atoms with Crippen molar-refractivity contribution < 1.29 is 0 Å². The van der Waals surface area contributed by atoms with Crippen LogP contribution in [0.15, 0.2) is 12.5 Å². The van der Waals surface area contributed by atoms with E-state index in [4.69, 9.17) is 0 Å². The van der Waals surface area contributed by atoms with Gasteiger partial charge in [-0.15, -0.1) is 0 Å². The highest BCUT2D eigenvalue weighted by Crippen LogP contribution is 2.18. The third-order valence-corrected chi connectivity index (χ3v) is 2.92. The number of aromatic nitrogens is 4. The predicted molar refractivity (Wildman–Crippen MR) is 72.6 cm³/mol. The second-order valence-electron chi connectivity index (χ2n) is 4.87. The number of fused-ring (bicyclic) bond motifs is 1. The molecule has 0 aliphatic rings. The maximum absolute atomic E-state index is 4.30. The maximum Gasteiger partial charge on any atom is 0.163 e. The molecule has 1 N–H and O–H groups in total. The van der Waals surface area contributed by atoms with Crippen LogP contribution in [0.2, 0.25) is 0 Å². The number of nitrogens with one attached hydrogen (secondary N) is 1. The molecule has 2 rings (SSSR count). The molecule has 0 spiro atoms. The topological polar surface area (TPSA) is 58.9 Å². The average molecular weight is 248 g/mol. The van der Waals surface area contributed by atoms with E-state index in [1.165, 1.54) is 0 Å². The van der Waals surface area contributed by atoms with Gasteiger partial charge in [0.15, 0.2) is 5.65 Å². The summed E-state index contributed by atoms with van der Waals surface area (Å²) in [5.74, 6) is 0.861. The first-order valence-corrected chi connectivity index (χ1v) is 6.12. The molecule has 0 fully saturated rings. The molecule has 2 aromatic rings. The van der Waals surface area contributed by atoms with E-state index in [9.17, 15) is 0 Å². The third-order valence-electron chi connectivity index (χ3n) is 2.92. The van der Waals surface area contributed by atoms with Gasteiger partial charge in [0.1, 0.15) is 12.1 Å². The summed E-state index contributed by atoms with van der Waals surface area (Å²) >= 11 is 0. The Balaban J connectivity index is 2.11. The van der Waals surface area contributed by atoms with Crippen LogP contribution in [0, 0.1) is 0 Å². The standard InChI is InChI=1S/C12H20N6/c1-9(5-6-17(2)3)16-11-10-7-15-18(4)12(10)14-8-13-11/h7-9H,5-6H2,1-4H3,(H,13,14,16). The number of rotatable bonds is 5. The van der Waals surface area contributed by atoms with Crippen molar-refractivity contribution >= 4 is 16.9 Å². The van der Waals surface area contributed by atoms with Gasteiger partial charge in [0, 0.05) is 13.1 Å². The van der Waals surface area contributed by atoms with E-state index < -0.39 is 0 Å². The fourth-order valence-corrected chi connectivity index (χ4v) is 1.83. The van der Waals surface area contributed by atoms with Crippen LogP contribution >= 0.6 is 0 Å². The van der Waals surface area contributed by atoms with Crippen LogP contribution < -0.4 is 5.32 Å². The Hall–Kier alpha value is -1.69. The van der Waals surface area contributed by atoms with Gasteiger partial charge in [0.2, 0.25) is 0 Å². The SMILES string of the molecule is CC(CCN(C)C)Nc1ncnc2c1cnn2C. The second-order valence-corrected chi connectivity index (χ2v) is 4.87. The van der Waals surface area contributed by atoms with E-state index in [0.717, 1.165) is 29.8 Å². The lowest BCUT2D eigenvalue weighted by Crippen LogP contribution is -2.23. The largest absolute Gasteiger partial charge is 0.367 e. The first-order valence-electron chi connectivity index (χ1n) is 6.12. The van der Waals surface area contributed by atoms with Gasteiger partial charge in [-0.2, -0.15) is 5.10 Å². The zero-order valence-corrected chi connectivity index (χ0v) is 11.4. The van der Waals surface area contributed by atoms with E-state index in [-0.39, 0.29) is 0 Å². The fourth-order valence-electron chi connectivity index (χ4n) is 1.83. The summed E-state index contributed by atoms with van der Waals surface area (Å²) in [6.07, 6.45) is 4.44. The molecule has 18 heavy (non-hydrogen) atoms. The molecular weight excluding hydrogens is 228 g/mol. The fraction of sp³-hybridized carbons (Fsp3) is 0.583. The first kappa shape index (κ1) is 12.8. The van der Waals surface area contributed by atoms with Gasteiger partial charge in [0.25, 0.3) is 0 Å². The van der Waals surface area contributed by atoms with Crippen molar-refractivity contribution in [1.82, 2.24) is 24.6 Å². The summed E-state index contributed by atoms with van der Waals surface area (Å²) in [5.41, 5.74) is 0.854. The molecular formula is C12H20N6. The van der Waals surface area contributed by atoms with Crippen LogP contribution in [0.5, 0.6) is 0 Å². The van der Waals surface area contributed by atoms with Crippen molar-refractivity contribution in [2.24, 2.45) is 7.05 Å². The summed E-state index contributed by atoms with van der Waals surface area (Å²) < 4.78 is 1.76. The molecule has 0 saturated carbocycles. The van der Waals surface area contributed by atoms with Crippen LogP contribution in [0.25, 0.3) is 11.0 Å². The van der Waals surface area contributed by atoms with E-state index in [0.29, 0.717) is 6.04 Å². The highest BCUT2D eigenvalue weighted by molar-refractivity contribution is 5.86. The van der Waals surface area contributed by atoms with Crippen molar-refractivity contribution in [3.05, 3.63) is 12.5 Å². The highest BCUT2D eigenvalue weighted by Gasteiger charge is 2.10. The van der Waals surface area contributed by atoms with Gasteiger partial charge >= 0.3 is 0 Å². The van der Waals surface area contributed by atoms with Crippen molar-refractivity contribution in [2.75, 3.05) is 26.0 Å². The Morgan fingerprint density at radius 1 is 1.39 bits per heavy atom. The Labute approximate surface area is 107 Å². The molecule has 1 atom stereocenters. The van der Waals surface area contributed by atoms with Gasteiger partial charge in [-0.1, -0.05) is 0 Å². The van der Waals surface area contributed by atoms with Crippen LogP contribution in [0.1, 0.15) is 13.3 Å². The van der Waals surface area contributed by atoms with E-state index in [1.54, 1.807) is 17.2 Å². The summed E-state index contributed by atoms with van der Waals surface area (Å²) in [7, 11) is 6.04. The summed E-state index contributed by atoms with van der Waals surface area (Å²) in [6, 6.07) is 0.366. The molecule has 0 radical (unpaired) electrons. The van der Waals surface area contributed by atoms with E-state index >= 15 is 0 Å². The van der Waals surface area contributed by atoms with E-state index in [2.05, 4.69) is 46.3 Å². The summed E-state index contributed by atoms with van der Waals surface area (Å²) in [6.45, 7) is 3.21.